The fourth-order valence-electron chi connectivity index (χ4n) is 7.76. The Morgan fingerprint density at radius 2 is 0.943 bits per heavy atom. The van der Waals surface area contributed by atoms with Crippen LogP contribution < -0.4 is 4.90 Å². The SMILES string of the molecule is c1ccc(-c2ccc(N(c3cccc(-c4ccccc4)c3)c3ccccc3-c3cccc4c3oc3c5ccccc5n(-c5ccccc5)c43)cc2)cc1. The molecule has 0 N–H and O–H groups in total. The molecule has 8 aromatic carbocycles. The lowest BCUT2D eigenvalue weighted by Gasteiger charge is -2.28. The van der Waals surface area contributed by atoms with E-state index in [1.54, 1.807) is 0 Å². The van der Waals surface area contributed by atoms with E-state index in [1.807, 2.05) is 0 Å². The van der Waals surface area contributed by atoms with Crippen molar-refractivity contribution in [3.05, 3.63) is 206 Å². The van der Waals surface area contributed by atoms with Crippen LogP contribution in [0.4, 0.5) is 17.1 Å². The fourth-order valence-corrected chi connectivity index (χ4v) is 7.76. The van der Waals surface area contributed by atoms with Crippen LogP contribution in [0.25, 0.3) is 72.0 Å². The molecular weight excluding hydrogens is 645 g/mol. The van der Waals surface area contributed by atoms with Gasteiger partial charge in [0.15, 0.2) is 5.58 Å². The summed E-state index contributed by atoms with van der Waals surface area (Å²) in [4.78, 5) is 2.37. The third-order valence-corrected chi connectivity index (χ3v) is 10.2. The van der Waals surface area contributed by atoms with Crippen molar-refractivity contribution in [2.24, 2.45) is 0 Å². The molecule has 0 saturated carbocycles. The van der Waals surface area contributed by atoms with Gasteiger partial charge in [-0.15, -0.1) is 0 Å². The minimum atomic E-state index is 0.873. The number of aromatic nitrogens is 1. The predicted octanol–water partition coefficient (Wildman–Crippen LogP) is 14.0. The van der Waals surface area contributed by atoms with E-state index in [4.69, 9.17) is 4.42 Å². The Morgan fingerprint density at radius 1 is 0.377 bits per heavy atom. The number of benzene rings is 8. The number of nitrogens with zero attached hydrogens (tertiary/aromatic N) is 2. The first-order valence-electron chi connectivity index (χ1n) is 18.0. The highest BCUT2D eigenvalue weighted by Gasteiger charge is 2.24. The number of hydrogen-bond acceptors (Lipinski definition) is 2. The van der Waals surface area contributed by atoms with Gasteiger partial charge in [-0.3, -0.25) is 0 Å². The first-order valence-corrected chi connectivity index (χ1v) is 18.0. The zero-order valence-corrected chi connectivity index (χ0v) is 28.9. The summed E-state index contributed by atoms with van der Waals surface area (Å²) < 4.78 is 9.34. The summed E-state index contributed by atoms with van der Waals surface area (Å²) in [5.41, 5.74) is 15.1. The predicted molar refractivity (Wildman–Crippen MR) is 222 cm³/mol. The molecule has 10 rings (SSSR count). The van der Waals surface area contributed by atoms with Crippen LogP contribution >= 0.6 is 0 Å². The maximum atomic E-state index is 7.00. The highest BCUT2D eigenvalue weighted by atomic mass is 16.3. The van der Waals surface area contributed by atoms with Crippen molar-refractivity contribution >= 4 is 50.0 Å². The van der Waals surface area contributed by atoms with Gasteiger partial charge < -0.3 is 13.9 Å². The maximum absolute atomic E-state index is 7.00. The summed E-state index contributed by atoms with van der Waals surface area (Å²) in [5, 5.41) is 2.18. The lowest BCUT2D eigenvalue weighted by atomic mass is 9.98. The largest absolute Gasteiger partial charge is 0.453 e. The lowest BCUT2D eigenvalue weighted by Crippen LogP contribution is -2.11. The number of anilines is 3. The molecule has 0 atom stereocenters. The molecule has 3 heteroatoms. The molecule has 0 aliphatic heterocycles. The van der Waals surface area contributed by atoms with Crippen LogP contribution in [0.15, 0.2) is 211 Å². The summed E-state index contributed by atoms with van der Waals surface area (Å²) in [6.45, 7) is 0. The second-order valence-corrected chi connectivity index (χ2v) is 13.3. The third kappa shape index (κ3) is 5.30. The van der Waals surface area contributed by atoms with E-state index in [0.717, 1.165) is 72.4 Å². The first kappa shape index (κ1) is 30.7. The van der Waals surface area contributed by atoms with Gasteiger partial charge in [0.25, 0.3) is 0 Å². The summed E-state index contributed by atoms with van der Waals surface area (Å²) in [7, 11) is 0. The van der Waals surface area contributed by atoms with Crippen LogP contribution in [0.2, 0.25) is 0 Å². The van der Waals surface area contributed by atoms with E-state index < -0.39 is 0 Å². The number of para-hydroxylation sites is 4. The smallest absolute Gasteiger partial charge is 0.161 e. The normalized spacial score (nSPS) is 11.4. The van der Waals surface area contributed by atoms with E-state index in [-0.39, 0.29) is 0 Å². The van der Waals surface area contributed by atoms with Crippen molar-refractivity contribution in [3.8, 4) is 39.1 Å². The summed E-state index contributed by atoms with van der Waals surface area (Å²) >= 11 is 0. The molecule has 10 aromatic rings. The number of rotatable bonds is 7. The van der Waals surface area contributed by atoms with E-state index in [0.29, 0.717) is 0 Å². The quantitative estimate of drug-likeness (QED) is 0.167. The van der Waals surface area contributed by atoms with Gasteiger partial charge in [0.1, 0.15) is 11.1 Å². The Hall–Kier alpha value is -7.10. The summed E-state index contributed by atoms with van der Waals surface area (Å²) in [6.07, 6.45) is 0. The van der Waals surface area contributed by atoms with E-state index in [2.05, 4.69) is 216 Å². The van der Waals surface area contributed by atoms with Crippen molar-refractivity contribution in [2.45, 2.75) is 0 Å². The standard InChI is InChI=1S/C50H34N2O/c1-4-16-35(17-5-1)37-30-32-40(33-31-37)51(41-23-14-20-38(34-41)36-18-6-2-7-19-36)46-28-12-10-24-42(46)43-26-15-27-45-48-50(53-49(43)45)44-25-11-13-29-47(44)52(48)39-21-8-3-9-22-39/h1-34H. The molecule has 0 saturated heterocycles. The maximum Gasteiger partial charge on any atom is 0.161 e. The molecule has 0 aliphatic carbocycles. The second-order valence-electron chi connectivity index (χ2n) is 13.3. The van der Waals surface area contributed by atoms with Crippen molar-refractivity contribution < 1.29 is 4.42 Å². The summed E-state index contributed by atoms with van der Waals surface area (Å²) in [5.74, 6) is 0. The molecule has 0 fully saturated rings. The van der Waals surface area contributed by atoms with Crippen LogP contribution in [-0.2, 0) is 0 Å². The first-order chi connectivity index (χ1) is 26.3. The van der Waals surface area contributed by atoms with E-state index in [9.17, 15) is 0 Å². The van der Waals surface area contributed by atoms with Crippen molar-refractivity contribution in [2.75, 3.05) is 4.90 Å². The van der Waals surface area contributed by atoms with Gasteiger partial charge >= 0.3 is 0 Å². The van der Waals surface area contributed by atoms with Crippen molar-refractivity contribution in [1.82, 2.24) is 4.57 Å². The average Bonchev–Trinajstić information content (AvgIpc) is 3.78. The van der Waals surface area contributed by atoms with E-state index in [1.165, 1.54) is 16.7 Å². The number of furan rings is 1. The average molecular weight is 679 g/mol. The van der Waals surface area contributed by atoms with Crippen molar-refractivity contribution in [1.29, 1.82) is 0 Å². The molecule has 0 bridgehead atoms. The molecule has 3 nitrogen and oxygen atoms in total. The Kier molecular flexibility index (Phi) is 7.47. The van der Waals surface area contributed by atoms with Crippen LogP contribution in [0.5, 0.6) is 0 Å². The Labute approximate surface area is 308 Å². The van der Waals surface area contributed by atoms with E-state index >= 15 is 0 Å². The van der Waals surface area contributed by atoms with Gasteiger partial charge in [-0.1, -0.05) is 146 Å². The van der Waals surface area contributed by atoms with Gasteiger partial charge in [-0.25, -0.2) is 0 Å². The molecule has 0 aliphatic rings. The minimum absolute atomic E-state index is 0.873. The van der Waals surface area contributed by atoms with Gasteiger partial charge in [0.05, 0.1) is 11.2 Å². The minimum Gasteiger partial charge on any atom is -0.453 e. The van der Waals surface area contributed by atoms with Crippen molar-refractivity contribution in [3.63, 3.8) is 0 Å². The number of hydrogen-bond donors (Lipinski definition) is 0. The molecular formula is C50H34N2O. The fraction of sp³-hybridized carbons (Fsp3) is 0. The monoisotopic (exact) mass is 678 g/mol. The van der Waals surface area contributed by atoms with Crippen LogP contribution in [0, 0.1) is 0 Å². The topological polar surface area (TPSA) is 21.3 Å². The molecule has 2 heterocycles. The molecule has 0 unspecified atom stereocenters. The van der Waals surface area contributed by atoms with Crippen LogP contribution in [0.1, 0.15) is 0 Å². The van der Waals surface area contributed by atoms with Gasteiger partial charge in [0, 0.05) is 39.0 Å². The Bertz CT molecular complexity index is 2870. The molecule has 2 aromatic heterocycles. The molecule has 53 heavy (non-hydrogen) atoms. The van der Waals surface area contributed by atoms with Crippen LogP contribution in [-0.4, -0.2) is 4.57 Å². The van der Waals surface area contributed by atoms with Gasteiger partial charge in [0.2, 0.25) is 0 Å². The zero-order valence-electron chi connectivity index (χ0n) is 28.9. The zero-order chi connectivity index (χ0) is 35.1. The molecule has 250 valence electrons. The molecule has 0 amide bonds. The number of fused-ring (bicyclic) bond motifs is 5. The highest BCUT2D eigenvalue weighted by molar-refractivity contribution is 6.19. The molecule has 0 radical (unpaired) electrons. The summed E-state index contributed by atoms with van der Waals surface area (Å²) in [6, 6.07) is 73.1. The molecule has 0 spiro atoms. The second kappa shape index (κ2) is 12.9. The van der Waals surface area contributed by atoms with Gasteiger partial charge in [-0.05, 0) is 82.9 Å². The Balaban J connectivity index is 1.19. The van der Waals surface area contributed by atoms with Gasteiger partial charge in [-0.2, -0.15) is 0 Å². The lowest BCUT2D eigenvalue weighted by molar-refractivity contribution is 0.674. The van der Waals surface area contributed by atoms with Crippen LogP contribution in [0.3, 0.4) is 0 Å². The third-order valence-electron chi connectivity index (χ3n) is 10.2. The Morgan fingerprint density at radius 3 is 1.72 bits per heavy atom. The highest BCUT2D eigenvalue weighted by Crippen LogP contribution is 2.46.